The number of aliphatic hydroxyl groups is 1. The highest BCUT2D eigenvalue weighted by Gasteiger charge is 2.20. The Morgan fingerprint density at radius 2 is 1.54 bits per heavy atom. The number of ether oxygens (including phenoxy) is 2. The Kier molecular flexibility index (Phi) is 9.35. The molecule has 3 N–H and O–H groups in total. The molecule has 3 aromatic carbocycles. The first kappa shape index (κ1) is 28.2. The van der Waals surface area contributed by atoms with Crippen molar-refractivity contribution in [2.24, 2.45) is 0 Å². The predicted molar refractivity (Wildman–Crippen MR) is 147 cm³/mol. The van der Waals surface area contributed by atoms with E-state index in [4.69, 9.17) is 9.47 Å². The van der Waals surface area contributed by atoms with Crippen LogP contribution in [0, 0.1) is 13.8 Å². The fourth-order valence-electron chi connectivity index (χ4n) is 4.62. The van der Waals surface area contributed by atoms with E-state index in [1.807, 2.05) is 39.8 Å². The number of hydrogen-bond acceptors (Lipinski definition) is 6. The van der Waals surface area contributed by atoms with Gasteiger partial charge in [0, 0.05) is 12.1 Å². The Hall–Kier alpha value is -3.35. The highest BCUT2D eigenvalue weighted by molar-refractivity contribution is 5.92. The van der Waals surface area contributed by atoms with Gasteiger partial charge in [0.15, 0.2) is 0 Å². The van der Waals surface area contributed by atoms with Crippen LogP contribution < -0.4 is 10.1 Å². The molecular formula is C31H39NO5. The minimum absolute atomic E-state index is 0.000271. The molecule has 0 amide bonds. The van der Waals surface area contributed by atoms with Gasteiger partial charge in [-0.3, -0.25) is 0 Å². The summed E-state index contributed by atoms with van der Waals surface area (Å²) in [5.74, 6) is 0.884. The molecule has 0 aliphatic heterocycles. The number of aromatic hydroxyl groups is 1. The molecule has 37 heavy (non-hydrogen) atoms. The van der Waals surface area contributed by atoms with Crippen molar-refractivity contribution >= 4 is 5.97 Å². The van der Waals surface area contributed by atoms with Crippen LogP contribution in [0.2, 0.25) is 0 Å². The standard InChI is InChI=1S/C31H39NO5/c1-18(2)28-16-24(10-13-27(28)31(35)36-7)25-14-19(3)30(20(4)15-25)37-17-21(5)32-22(6)29(34)23-8-11-26(33)12-9-23/h8-16,18,21-22,29,32-34H,17H2,1-7H3/t21-,22-,29+/m0/s1. The Morgan fingerprint density at radius 1 is 0.919 bits per heavy atom. The average molecular weight is 506 g/mol. The molecule has 0 fully saturated rings. The summed E-state index contributed by atoms with van der Waals surface area (Å²) in [5.41, 5.74) is 6.47. The van der Waals surface area contributed by atoms with Crippen LogP contribution in [0.15, 0.2) is 54.6 Å². The lowest BCUT2D eigenvalue weighted by molar-refractivity contribution is 0.0599. The maximum atomic E-state index is 12.2. The summed E-state index contributed by atoms with van der Waals surface area (Å²) in [7, 11) is 1.40. The quantitative estimate of drug-likeness (QED) is 0.290. The van der Waals surface area contributed by atoms with Gasteiger partial charge >= 0.3 is 5.97 Å². The smallest absolute Gasteiger partial charge is 0.338 e. The number of carbonyl (C=O) groups excluding carboxylic acids is 1. The van der Waals surface area contributed by atoms with Crippen molar-refractivity contribution in [3.63, 3.8) is 0 Å². The highest BCUT2D eigenvalue weighted by atomic mass is 16.5. The lowest BCUT2D eigenvalue weighted by Crippen LogP contribution is -2.41. The van der Waals surface area contributed by atoms with Crippen molar-refractivity contribution in [3.05, 3.63) is 82.4 Å². The first-order valence-electron chi connectivity index (χ1n) is 12.7. The number of carbonyl (C=O) groups is 1. The van der Waals surface area contributed by atoms with Crippen LogP contribution in [0.1, 0.15) is 72.3 Å². The summed E-state index contributed by atoms with van der Waals surface area (Å²) in [4.78, 5) is 12.2. The van der Waals surface area contributed by atoms with Gasteiger partial charge < -0.3 is 25.0 Å². The third-order valence-electron chi connectivity index (χ3n) is 6.61. The van der Waals surface area contributed by atoms with Gasteiger partial charge in [-0.15, -0.1) is 0 Å². The van der Waals surface area contributed by atoms with Crippen LogP contribution >= 0.6 is 0 Å². The van der Waals surface area contributed by atoms with E-state index in [-0.39, 0.29) is 29.7 Å². The van der Waals surface area contributed by atoms with E-state index < -0.39 is 6.10 Å². The summed E-state index contributed by atoms with van der Waals surface area (Å²) < 4.78 is 11.2. The molecule has 0 radical (unpaired) electrons. The molecule has 0 saturated carbocycles. The lowest BCUT2D eigenvalue weighted by atomic mass is 9.91. The van der Waals surface area contributed by atoms with Crippen LogP contribution in [0.4, 0.5) is 0 Å². The molecule has 3 atom stereocenters. The van der Waals surface area contributed by atoms with Crippen LogP contribution in [0.25, 0.3) is 11.1 Å². The Balaban J connectivity index is 1.70. The minimum Gasteiger partial charge on any atom is -0.508 e. The minimum atomic E-state index is -0.702. The zero-order valence-electron chi connectivity index (χ0n) is 22.8. The first-order chi connectivity index (χ1) is 17.5. The summed E-state index contributed by atoms with van der Waals surface area (Å²) >= 11 is 0. The largest absolute Gasteiger partial charge is 0.508 e. The maximum Gasteiger partial charge on any atom is 0.338 e. The average Bonchev–Trinajstić information content (AvgIpc) is 2.87. The molecule has 6 heteroatoms. The number of aliphatic hydroxyl groups excluding tert-OH is 1. The molecule has 0 heterocycles. The molecule has 0 saturated heterocycles. The van der Waals surface area contributed by atoms with E-state index in [1.165, 1.54) is 7.11 Å². The number of aryl methyl sites for hydroxylation is 2. The van der Waals surface area contributed by atoms with E-state index in [2.05, 4.69) is 37.4 Å². The van der Waals surface area contributed by atoms with Gasteiger partial charge in [-0.2, -0.15) is 0 Å². The second kappa shape index (κ2) is 12.3. The number of benzene rings is 3. The number of methoxy groups -OCH3 is 1. The Morgan fingerprint density at radius 3 is 2.11 bits per heavy atom. The molecule has 0 aliphatic rings. The van der Waals surface area contributed by atoms with Crippen LogP contribution in [0.3, 0.4) is 0 Å². The topological polar surface area (TPSA) is 88.0 Å². The van der Waals surface area contributed by atoms with Crippen molar-refractivity contribution < 1.29 is 24.5 Å². The normalized spacial score (nSPS) is 13.8. The molecule has 3 rings (SSSR count). The fraction of sp³-hybridized carbons (Fsp3) is 0.387. The van der Waals surface area contributed by atoms with Gasteiger partial charge in [-0.1, -0.05) is 38.1 Å². The van der Waals surface area contributed by atoms with Crippen molar-refractivity contribution in [1.29, 1.82) is 0 Å². The molecule has 0 unspecified atom stereocenters. The first-order valence-corrected chi connectivity index (χ1v) is 12.7. The van der Waals surface area contributed by atoms with Crippen molar-refractivity contribution in [1.82, 2.24) is 5.32 Å². The van der Waals surface area contributed by atoms with E-state index in [1.54, 1.807) is 24.3 Å². The molecule has 0 aromatic heterocycles. The lowest BCUT2D eigenvalue weighted by Gasteiger charge is -2.25. The molecule has 0 spiro atoms. The number of rotatable bonds is 10. The molecule has 0 bridgehead atoms. The molecule has 3 aromatic rings. The van der Waals surface area contributed by atoms with Crippen LogP contribution in [0.5, 0.6) is 11.5 Å². The van der Waals surface area contributed by atoms with E-state index >= 15 is 0 Å². The summed E-state index contributed by atoms with van der Waals surface area (Å²) in [5, 5.41) is 23.5. The van der Waals surface area contributed by atoms with Gasteiger partial charge in [0.05, 0.1) is 18.8 Å². The molecule has 198 valence electrons. The summed E-state index contributed by atoms with van der Waals surface area (Å²) in [6.45, 7) is 12.6. The van der Waals surface area contributed by atoms with Crippen LogP contribution in [-0.4, -0.2) is 42.0 Å². The molecular weight excluding hydrogens is 466 g/mol. The van der Waals surface area contributed by atoms with Gasteiger partial charge in [0.1, 0.15) is 18.1 Å². The van der Waals surface area contributed by atoms with E-state index in [9.17, 15) is 15.0 Å². The second-order valence-corrected chi connectivity index (χ2v) is 10.1. The number of nitrogens with one attached hydrogen (secondary N) is 1. The Bertz CT molecular complexity index is 1200. The Labute approximate surface area is 220 Å². The van der Waals surface area contributed by atoms with Crippen LogP contribution in [-0.2, 0) is 4.74 Å². The van der Waals surface area contributed by atoms with E-state index in [0.717, 1.165) is 39.1 Å². The van der Waals surface area contributed by atoms with Gasteiger partial charge in [-0.25, -0.2) is 4.79 Å². The van der Waals surface area contributed by atoms with E-state index in [0.29, 0.717) is 12.2 Å². The zero-order chi connectivity index (χ0) is 27.3. The van der Waals surface area contributed by atoms with Crippen molar-refractivity contribution in [2.45, 2.75) is 65.6 Å². The third kappa shape index (κ3) is 6.90. The molecule has 6 nitrogen and oxygen atoms in total. The van der Waals surface area contributed by atoms with Gasteiger partial charge in [0.25, 0.3) is 0 Å². The van der Waals surface area contributed by atoms with Crippen molar-refractivity contribution in [3.8, 4) is 22.6 Å². The maximum absolute atomic E-state index is 12.2. The number of hydrogen-bond donors (Lipinski definition) is 3. The number of phenols is 1. The summed E-state index contributed by atoms with van der Waals surface area (Å²) in [6, 6.07) is 16.5. The third-order valence-corrected chi connectivity index (χ3v) is 6.61. The zero-order valence-corrected chi connectivity index (χ0v) is 22.8. The number of phenolic OH excluding ortho intramolecular Hbond substituents is 1. The second-order valence-electron chi connectivity index (χ2n) is 10.1. The monoisotopic (exact) mass is 505 g/mol. The number of esters is 1. The van der Waals surface area contributed by atoms with Crippen molar-refractivity contribution in [2.75, 3.05) is 13.7 Å². The van der Waals surface area contributed by atoms with Gasteiger partial charge in [-0.05, 0) is 97.3 Å². The fourth-order valence-corrected chi connectivity index (χ4v) is 4.62. The predicted octanol–water partition coefficient (Wildman–Crippen LogP) is 6.07. The SMILES string of the molecule is COC(=O)c1ccc(-c2cc(C)c(OC[C@H](C)N[C@@H](C)[C@@H](O)c3ccc(O)cc3)c(C)c2)cc1C(C)C. The highest BCUT2D eigenvalue weighted by Crippen LogP contribution is 2.33. The molecule has 0 aliphatic carbocycles. The van der Waals surface area contributed by atoms with Gasteiger partial charge in [0.2, 0.25) is 0 Å². The summed E-state index contributed by atoms with van der Waals surface area (Å²) in [6.07, 6.45) is -0.702.